The van der Waals surface area contributed by atoms with Crippen molar-refractivity contribution in [1.29, 1.82) is 0 Å². The number of hydrogen-bond donors (Lipinski definition) is 1. The highest BCUT2D eigenvalue weighted by molar-refractivity contribution is 7.88. The first kappa shape index (κ1) is 14.9. The molecule has 20 heavy (non-hydrogen) atoms. The Morgan fingerprint density at radius 3 is 2.80 bits per heavy atom. The summed E-state index contributed by atoms with van der Waals surface area (Å²) in [5.74, 6) is -2.02. The van der Waals surface area contributed by atoms with Crippen LogP contribution in [0.15, 0.2) is 24.3 Å². The summed E-state index contributed by atoms with van der Waals surface area (Å²) in [6.07, 6.45) is 1.66. The van der Waals surface area contributed by atoms with Crippen molar-refractivity contribution in [2.24, 2.45) is 0 Å². The van der Waals surface area contributed by atoms with Gasteiger partial charge in [0.05, 0.1) is 5.75 Å². The number of rotatable bonds is 4. The van der Waals surface area contributed by atoms with Gasteiger partial charge in [-0.3, -0.25) is 4.79 Å². The molecule has 1 saturated heterocycles. The fourth-order valence-electron chi connectivity index (χ4n) is 2.41. The standard InChI is InChI=1S/C13H16FNO4S/c14-11-5-3-4-10(8-11)9-20(18,19)15-7-2-1-6-12(15)13(16)17/h3-5,8,12H,1-2,6-7,9H2,(H,16,17). The minimum Gasteiger partial charge on any atom is -0.480 e. The number of carbonyl (C=O) groups is 1. The summed E-state index contributed by atoms with van der Waals surface area (Å²) in [4.78, 5) is 11.2. The summed E-state index contributed by atoms with van der Waals surface area (Å²) in [5, 5.41) is 9.12. The summed E-state index contributed by atoms with van der Waals surface area (Å²) in [5.41, 5.74) is 0.319. The zero-order chi connectivity index (χ0) is 14.8. The smallest absolute Gasteiger partial charge is 0.322 e. The Bertz CT molecular complexity index is 602. The van der Waals surface area contributed by atoms with Crippen LogP contribution in [0.25, 0.3) is 0 Å². The molecule has 5 nitrogen and oxygen atoms in total. The van der Waals surface area contributed by atoms with Crippen LogP contribution in [0.5, 0.6) is 0 Å². The second kappa shape index (κ2) is 5.88. The number of sulfonamides is 1. The van der Waals surface area contributed by atoms with Crippen molar-refractivity contribution in [3.8, 4) is 0 Å². The van der Waals surface area contributed by atoms with E-state index in [0.717, 1.165) is 10.4 Å². The molecule has 0 aliphatic carbocycles. The summed E-state index contributed by atoms with van der Waals surface area (Å²) in [7, 11) is -3.76. The van der Waals surface area contributed by atoms with Crippen molar-refractivity contribution >= 4 is 16.0 Å². The van der Waals surface area contributed by atoms with Crippen LogP contribution in [0.3, 0.4) is 0 Å². The van der Waals surface area contributed by atoms with Gasteiger partial charge in [0.25, 0.3) is 0 Å². The molecule has 2 rings (SSSR count). The zero-order valence-corrected chi connectivity index (χ0v) is 11.6. The summed E-state index contributed by atoms with van der Waals surface area (Å²) in [6, 6.07) is 4.32. The minimum atomic E-state index is -3.76. The molecule has 0 saturated carbocycles. The molecule has 1 unspecified atom stereocenters. The van der Waals surface area contributed by atoms with Gasteiger partial charge in [0.1, 0.15) is 11.9 Å². The van der Waals surface area contributed by atoms with E-state index in [1.807, 2.05) is 0 Å². The average molecular weight is 301 g/mol. The number of piperidine rings is 1. The Morgan fingerprint density at radius 1 is 1.40 bits per heavy atom. The summed E-state index contributed by atoms with van der Waals surface area (Å²) >= 11 is 0. The van der Waals surface area contributed by atoms with Gasteiger partial charge in [-0.1, -0.05) is 12.1 Å². The molecule has 0 spiro atoms. The molecular weight excluding hydrogens is 285 g/mol. The van der Waals surface area contributed by atoms with Crippen LogP contribution in [-0.4, -0.2) is 36.4 Å². The fraction of sp³-hybridized carbons (Fsp3) is 0.462. The number of carboxylic acids is 1. The maximum absolute atomic E-state index is 13.1. The van der Waals surface area contributed by atoms with E-state index < -0.39 is 27.9 Å². The molecular formula is C13H16FNO4S. The molecule has 7 heteroatoms. The quantitative estimate of drug-likeness (QED) is 0.916. The van der Waals surface area contributed by atoms with E-state index in [1.165, 1.54) is 18.2 Å². The van der Waals surface area contributed by atoms with Crippen LogP contribution < -0.4 is 0 Å². The van der Waals surface area contributed by atoms with Crippen LogP contribution in [0, 0.1) is 5.82 Å². The monoisotopic (exact) mass is 301 g/mol. The lowest BCUT2D eigenvalue weighted by Crippen LogP contribution is -2.48. The summed E-state index contributed by atoms with van der Waals surface area (Å²) < 4.78 is 38.8. The van der Waals surface area contributed by atoms with Gasteiger partial charge >= 0.3 is 5.97 Å². The molecule has 1 atom stereocenters. The molecule has 110 valence electrons. The lowest BCUT2D eigenvalue weighted by molar-refractivity contribution is -0.142. The molecule has 0 bridgehead atoms. The number of aliphatic carboxylic acids is 1. The second-order valence-corrected chi connectivity index (χ2v) is 6.77. The number of nitrogens with zero attached hydrogens (tertiary/aromatic N) is 1. The predicted octanol–water partition coefficient (Wildman–Crippen LogP) is 1.59. The molecule has 0 aromatic heterocycles. The number of halogens is 1. The van der Waals surface area contributed by atoms with Crippen molar-refractivity contribution in [3.05, 3.63) is 35.6 Å². The lowest BCUT2D eigenvalue weighted by Gasteiger charge is -2.31. The highest BCUT2D eigenvalue weighted by Crippen LogP contribution is 2.23. The fourth-order valence-corrected chi connectivity index (χ4v) is 4.16. The zero-order valence-electron chi connectivity index (χ0n) is 10.8. The van der Waals surface area contributed by atoms with Crippen molar-refractivity contribution in [3.63, 3.8) is 0 Å². The van der Waals surface area contributed by atoms with Crippen LogP contribution in [-0.2, 0) is 20.6 Å². The molecule has 1 aromatic carbocycles. The third-order valence-corrected chi connectivity index (χ3v) is 5.18. The molecule has 0 amide bonds. The van der Waals surface area contributed by atoms with Crippen molar-refractivity contribution in [2.45, 2.75) is 31.1 Å². The topological polar surface area (TPSA) is 74.7 Å². The highest BCUT2D eigenvalue weighted by Gasteiger charge is 2.36. The second-order valence-electron chi connectivity index (χ2n) is 4.85. The van der Waals surface area contributed by atoms with E-state index in [1.54, 1.807) is 0 Å². The minimum absolute atomic E-state index is 0.203. The van der Waals surface area contributed by atoms with Crippen LogP contribution >= 0.6 is 0 Å². The Balaban J connectivity index is 2.22. The first-order valence-corrected chi connectivity index (χ1v) is 7.98. The van der Waals surface area contributed by atoms with Crippen molar-refractivity contribution < 1.29 is 22.7 Å². The SMILES string of the molecule is O=C(O)C1CCCCN1S(=O)(=O)Cc1cccc(F)c1. The molecule has 1 fully saturated rings. The number of carboxylic acid groups (broad SMARTS) is 1. The molecule has 1 aliphatic rings. The average Bonchev–Trinajstić information content (AvgIpc) is 2.38. The normalized spacial score (nSPS) is 20.8. The maximum Gasteiger partial charge on any atom is 0.322 e. The predicted molar refractivity (Wildman–Crippen MR) is 71.0 cm³/mol. The van der Waals surface area contributed by atoms with E-state index in [2.05, 4.69) is 0 Å². The molecule has 1 aliphatic heterocycles. The maximum atomic E-state index is 13.1. The summed E-state index contributed by atoms with van der Waals surface area (Å²) in [6.45, 7) is 0.203. The Morgan fingerprint density at radius 2 is 2.15 bits per heavy atom. The van der Waals surface area contributed by atoms with Gasteiger partial charge in [0.15, 0.2) is 0 Å². The van der Waals surface area contributed by atoms with Gasteiger partial charge in [-0.15, -0.1) is 0 Å². The largest absolute Gasteiger partial charge is 0.480 e. The van der Waals surface area contributed by atoms with Crippen molar-refractivity contribution in [1.82, 2.24) is 4.31 Å². The van der Waals surface area contributed by atoms with Crippen LogP contribution in [0.4, 0.5) is 4.39 Å². The van der Waals surface area contributed by atoms with Crippen LogP contribution in [0.1, 0.15) is 24.8 Å². The van der Waals surface area contributed by atoms with Gasteiger partial charge < -0.3 is 5.11 Å². The van der Waals surface area contributed by atoms with Gasteiger partial charge in [0, 0.05) is 6.54 Å². The first-order chi connectivity index (χ1) is 9.40. The Hall–Kier alpha value is -1.47. The van der Waals surface area contributed by atoms with E-state index in [4.69, 9.17) is 5.11 Å². The van der Waals surface area contributed by atoms with Gasteiger partial charge in [-0.05, 0) is 37.0 Å². The van der Waals surface area contributed by atoms with Crippen LogP contribution in [0.2, 0.25) is 0 Å². The number of benzene rings is 1. The lowest BCUT2D eigenvalue weighted by atomic mass is 10.1. The molecule has 1 aromatic rings. The highest BCUT2D eigenvalue weighted by atomic mass is 32.2. The molecule has 1 heterocycles. The van der Waals surface area contributed by atoms with Gasteiger partial charge in [0.2, 0.25) is 10.0 Å². The third kappa shape index (κ3) is 3.34. The number of hydrogen-bond acceptors (Lipinski definition) is 3. The molecule has 0 radical (unpaired) electrons. The van der Waals surface area contributed by atoms with Gasteiger partial charge in [-0.2, -0.15) is 4.31 Å². The third-order valence-electron chi connectivity index (χ3n) is 3.33. The van der Waals surface area contributed by atoms with E-state index >= 15 is 0 Å². The molecule has 1 N–H and O–H groups in total. The van der Waals surface area contributed by atoms with E-state index in [9.17, 15) is 17.6 Å². The first-order valence-electron chi connectivity index (χ1n) is 6.37. The Kier molecular flexibility index (Phi) is 4.39. The van der Waals surface area contributed by atoms with Crippen molar-refractivity contribution in [2.75, 3.05) is 6.54 Å². The van der Waals surface area contributed by atoms with Gasteiger partial charge in [-0.25, -0.2) is 12.8 Å². The van der Waals surface area contributed by atoms with E-state index in [0.29, 0.717) is 24.8 Å². The Labute approximate surface area is 117 Å². The van der Waals surface area contributed by atoms with E-state index in [-0.39, 0.29) is 12.3 Å².